The largest absolute Gasteiger partial charge is 0.391 e. The van der Waals surface area contributed by atoms with E-state index in [-0.39, 0.29) is 18.2 Å². The van der Waals surface area contributed by atoms with E-state index in [1.165, 1.54) is 18.4 Å². The van der Waals surface area contributed by atoms with Gasteiger partial charge in [-0.1, -0.05) is 13.8 Å². The summed E-state index contributed by atoms with van der Waals surface area (Å²) < 4.78 is 25.3. The topological polar surface area (TPSA) is 97.5 Å². The van der Waals surface area contributed by atoms with Crippen molar-refractivity contribution >= 4 is 15.8 Å². The Labute approximate surface area is 143 Å². The van der Waals surface area contributed by atoms with Crippen LogP contribution in [-0.4, -0.2) is 61.9 Å². The zero-order valence-electron chi connectivity index (χ0n) is 14.5. The van der Waals surface area contributed by atoms with E-state index in [1.807, 2.05) is 24.8 Å². The van der Waals surface area contributed by atoms with Gasteiger partial charge in [0.25, 0.3) is 0 Å². The Hall–Kier alpha value is -1.69. The van der Waals surface area contributed by atoms with E-state index in [0.29, 0.717) is 17.9 Å². The average Bonchev–Trinajstić information content (AvgIpc) is 2.86. The summed E-state index contributed by atoms with van der Waals surface area (Å²) in [6.45, 7) is 4.67. The van der Waals surface area contributed by atoms with Crippen molar-refractivity contribution in [1.29, 1.82) is 5.26 Å². The molecule has 0 spiro atoms. The Morgan fingerprint density at radius 1 is 1.42 bits per heavy atom. The quantitative estimate of drug-likeness (QED) is 0.840. The van der Waals surface area contributed by atoms with Gasteiger partial charge in [-0.25, -0.2) is 17.7 Å². The van der Waals surface area contributed by atoms with Crippen LogP contribution >= 0.6 is 0 Å². The summed E-state index contributed by atoms with van der Waals surface area (Å²) in [6, 6.07) is 5.68. The Morgan fingerprint density at radius 2 is 2.08 bits per heavy atom. The first-order chi connectivity index (χ1) is 11.2. The number of pyridine rings is 1. The summed E-state index contributed by atoms with van der Waals surface area (Å²) in [5.41, 5.74) is 1.30. The number of nitriles is 1. The van der Waals surface area contributed by atoms with Crippen LogP contribution in [0.3, 0.4) is 0 Å². The number of sulfonamides is 1. The van der Waals surface area contributed by atoms with Crippen molar-refractivity contribution in [3.05, 3.63) is 23.4 Å². The highest BCUT2D eigenvalue weighted by Gasteiger charge is 2.36. The Kier molecular flexibility index (Phi) is 5.48. The lowest BCUT2D eigenvalue weighted by Crippen LogP contribution is -2.33. The molecule has 0 aromatic carbocycles. The van der Waals surface area contributed by atoms with Crippen LogP contribution in [0.25, 0.3) is 0 Å². The number of anilines is 1. The van der Waals surface area contributed by atoms with Crippen LogP contribution in [0, 0.1) is 17.2 Å². The fraction of sp³-hybridized carbons (Fsp3) is 0.625. The zero-order chi connectivity index (χ0) is 18.1. The molecule has 2 rings (SSSR count). The predicted octanol–water partition coefficient (Wildman–Crippen LogP) is 0.765. The first kappa shape index (κ1) is 18.6. The fourth-order valence-corrected chi connectivity index (χ4v) is 3.89. The Morgan fingerprint density at radius 3 is 2.62 bits per heavy atom. The molecule has 0 saturated carbocycles. The molecule has 2 heterocycles. The van der Waals surface area contributed by atoms with Gasteiger partial charge in [-0.3, -0.25) is 0 Å². The van der Waals surface area contributed by atoms with Crippen LogP contribution in [0.2, 0.25) is 0 Å². The van der Waals surface area contributed by atoms with Gasteiger partial charge in [0.2, 0.25) is 10.0 Å². The molecule has 8 heteroatoms. The maximum absolute atomic E-state index is 12.1. The maximum atomic E-state index is 12.1. The summed E-state index contributed by atoms with van der Waals surface area (Å²) in [5.74, 6) is 0.207. The van der Waals surface area contributed by atoms with Gasteiger partial charge in [-0.2, -0.15) is 5.26 Å². The van der Waals surface area contributed by atoms with Crippen LogP contribution in [0.5, 0.6) is 0 Å². The highest BCUT2D eigenvalue weighted by atomic mass is 32.2. The lowest BCUT2D eigenvalue weighted by atomic mass is 10.1. The third-order valence-electron chi connectivity index (χ3n) is 4.30. The molecule has 1 aromatic heterocycles. The number of β-amino-alcohol motifs (C(OH)–C–C–N with tert-alkyl or cyclic N) is 1. The molecule has 1 aromatic rings. The van der Waals surface area contributed by atoms with Gasteiger partial charge in [-0.05, 0) is 18.1 Å². The van der Waals surface area contributed by atoms with E-state index in [2.05, 4.69) is 11.1 Å². The molecule has 24 heavy (non-hydrogen) atoms. The van der Waals surface area contributed by atoms with Crippen LogP contribution in [0.4, 0.5) is 5.82 Å². The van der Waals surface area contributed by atoms with Gasteiger partial charge in [0.1, 0.15) is 11.9 Å². The van der Waals surface area contributed by atoms with Gasteiger partial charge >= 0.3 is 0 Å². The summed E-state index contributed by atoms with van der Waals surface area (Å²) in [6.07, 6.45) is -0.768. The van der Waals surface area contributed by atoms with Gasteiger partial charge in [-0.15, -0.1) is 0 Å². The highest BCUT2D eigenvalue weighted by Crippen LogP contribution is 2.28. The van der Waals surface area contributed by atoms with E-state index < -0.39 is 22.0 Å². The normalized spacial score (nSPS) is 21.5. The van der Waals surface area contributed by atoms with Crippen molar-refractivity contribution in [2.45, 2.75) is 25.9 Å². The molecular formula is C16H24N4O3S. The van der Waals surface area contributed by atoms with E-state index in [0.717, 1.165) is 5.69 Å². The minimum atomic E-state index is -3.40. The van der Waals surface area contributed by atoms with Gasteiger partial charge < -0.3 is 10.0 Å². The molecule has 0 aliphatic carbocycles. The first-order valence-corrected chi connectivity index (χ1v) is 9.51. The van der Waals surface area contributed by atoms with Crippen molar-refractivity contribution in [3.63, 3.8) is 0 Å². The second-order valence-corrected chi connectivity index (χ2v) is 8.89. The SMILES string of the molecule is CC(C)c1ccc(C#N)c(N2C[C@@H](CS(=O)(=O)N(C)C)[C@H](O)C2)n1. The number of hydrogen-bond acceptors (Lipinski definition) is 6. The predicted molar refractivity (Wildman–Crippen MR) is 92.2 cm³/mol. The van der Waals surface area contributed by atoms with Crippen molar-refractivity contribution in [1.82, 2.24) is 9.29 Å². The summed E-state index contributed by atoms with van der Waals surface area (Å²) in [7, 11) is -0.432. The molecule has 0 bridgehead atoms. The lowest BCUT2D eigenvalue weighted by molar-refractivity contribution is 0.157. The molecule has 132 valence electrons. The zero-order valence-corrected chi connectivity index (χ0v) is 15.3. The van der Waals surface area contributed by atoms with E-state index >= 15 is 0 Å². The molecule has 1 N–H and O–H groups in total. The molecule has 0 radical (unpaired) electrons. The van der Waals surface area contributed by atoms with Crippen molar-refractivity contribution in [2.75, 3.05) is 37.8 Å². The van der Waals surface area contributed by atoms with Crippen LogP contribution in [-0.2, 0) is 10.0 Å². The average molecular weight is 352 g/mol. The number of hydrogen-bond donors (Lipinski definition) is 1. The van der Waals surface area contributed by atoms with Crippen LogP contribution in [0.15, 0.2) is 12.1 Å². The van der Waals surface area contributed by atoms with Crippen molar-refractivity contribution < 1.29 is 13.5 Å². The molecular weight excluding hydrogens is 328 g/mol. The summed E-state index contributed by atoms with van der Waals surface area (Å²) in [5, 5.41) is 19.6. The fourth-order valence-electron chi connectivity index (χ4n) is 2.72. The van der Waals surface area contributed by atoms with Crippen molar-refractivity contribution in [2.24, 2.45) is 5.92 Å². The number of aliphatic hydroxyl groups excluding tert-OH is 1. The molecule has 0 amide bonds. The molecule has 1 saturated heterocycles. The minimum Gasteiger partial charge on any atom is -0.391 e. The smallest absolute Gasteiger partial charge is 0.214 e. The van der Waals surface area contributed by atoms with Crippen LogP contribution in [0.1, 0.15) is 31.0 Å². The number of nitrogens with zero attached hydrogens (tertiary/aromatic N) is 4. The monoisotopic (exact) mass is 352 g/mol. The van der Waals surface area contributed by atoms with Gasteiger partial charge in [0.05, 0.1) is 17.4 Å². The van der Waals surface area contributed by atoms with Crippen molar-refractivity contribution in [3.8, 4) is 6.07 Å². The highest BCUT2D eigenvalue weighted by molar-refractivity contribution is 7.89. The lowest BCUT2D eigenvalue weighted by Gasteiger charge is -2.20. The van der Waals surface area contributed by atoms with E-state index in [9.17, 15) is 18.8 Å². The molecule has 1 aliphatic heterocycles. The molecule has 1 fully saturated rings. The standard InChI is InChI=1S/C16H24N4O3S/c1-11(2)14-6-5-12(7-17)16(18-14)20-8-13(15(21)9-20)10-24(22,23)19(3)4/h5-6,11,13,15,21H,8-10H2,1-4H3/t13-,15+/m0/s1. The summed E-state index contributed by atoms with van der Waals surface area (Å²) in [4.78, 5) is 6.37. The van der Waals surface area contributed by atoms with Crippen LogP contribution < -0.4 is 4.90 Å². The first-order valence-electron chi connectivity index (χ1n) is 7.90. The number of aromatic nitrogens is 1. The second kappa shape index (κ2) is 7.05. The molecule has 7 nitrogen and oxygen atoms in total. The summed E-state index contributed by atoms with van der Waals surface area (Å²) >= 11 is 0. The Bertz CT molecular complexity index is 740. The number of rotatable bonds is 5. The maximum Gasteiger partial charge on any atom is 0.214 e. The van der Waals surface area contributed by atoms with E-state index in [1.54, 1.807) is 6.07 Å². The minimum absolute atomic E-state index is 0.122. The third kappa shape index (κ3) is 3.86. The van der Waals surface area contributed by atoms with Gasteiger partial charge in [0.15, 0.2) is 0 Å². The molecule has 2 atom stereocenters. The third-order valence-corrected chi connectivity index (χ3v) is 6.26. The Balaban J connectivity index is 2.26. The van der Waals surface area contributed by atoms with E-state index in [4.69, 9.17) is 0 Å². The van der Waals surface area contributed by atoms with Gasteiger partial charge in [0, 0.05) is 38.8 Å². The molecule has 1 aliphatic rings. The second-order valence-electron chi connectivity index (χ2n) is 6.67. The molecule has 0 unspecified atom stereocenters. The number of aliphatic hydroxyl groups is 1.